The van der Waals surface area contributed by atoms with Crippen LogP contribution in [0.2, 0.25) is 0 Å². The molecule has 0 radical (unpaired) electrons. The van der Waals surface area contributed by atoms with Crippen LogP contribution in [0.3, 0.4) is 0 Å². The molecule has 0 bridgehead atoms. The van der Waals surface area contributed by atoms with Gasteiger partial charge >= 0.3 is 6.18 Å². The minimum atomic E-state index is -4.72. The van der Waals surface area contributed by atoms with E-state index in [0.29, 0.717) is 6.07 Å². The lowest BCUT2D eigenvalue weighted by molar-refractivity contribution is -0.138. The van der Waals surface area contributed by atoms with Gasteiger partial charge in [0.25, 0.3) is 5.56 Å². The number of aryl methyl sites for hydroxylation is 1. The predicted octanol–water partition coefficient (Wildman–Crippen LogP) is 1.66. The van der Waals surface area contributed by atoms with Crippen molar-refractivity contribution in [2.24, 2.45) is 7.05 Å². The normalized spacial score (nSPS) is 11.5. The molecule has 23 heavy (non-hydrogen) atoms. The van der Waals surface area contributed by atoms with Crippen LogP contribution in [0.25, 0.3) is 0 Å². The summed E-state index contributed by atoms with van der Waals surface area (Å²) in [6.45, 7) is -0.752. The summed E-state index contributed by atoms with van der Waals surface area (Å²) < 4.78 is 54.0. The van der Waals surface area contributed by atoms with Crippen molar-refractivity contribution in [3.05, 3.63) is 57.8 Å². The Hall–Kier alpha value is -2.58. The van der Waals surface area contributed by atoms with Crippen LogP contribution >= 0.6 is 0 Å². The van der Waals surface area contributed by atoms with Crippen molar-refractivity contribution in [1.82, 2.24) is 14.7 Å². The van der Waals surface area contributed by atoms with E-state index in [0.717, 1.165) is 16.8 Å². The molecule has 1 amide bonds. The van der Waals surface area contributed by atoms with Gasteiger partial charge in [-0.15, -0.1) is 0 Å². The van der Waals surface area contributed by atoms with E-state index in [1.165, 1.54) is 16.9 Å². The first-order valence-corrected chi connectivity index (χ1v) is 6.53. The van der Waals surface area contributed by atoms with E-state index in [4.69, 9.17) is 0 Å². The van der Waals surface area contributed by atoms with Gasteiger partial charge in [0.1, 0.15) is 12.4 Å². The molecule has 0 saturated heterocycles. The first kappa shape index (κ1) is 16.8. The lowest BCUT2D eigenvalue weighted by Crippen LogP contribution is -2.33. The Morgan fingerprint density at radius 1 is 1.26 bits per heavy atom. The second kappa shape index (κ2) is 6.27. The highest BCUT2D eigenvalue weighted by Crippen LogP contribution is 2.32. The van der Waals surface area contributed by atoms with E-state index in [2.05, 4.69) is 5.32 Å². The number of benzene rings is 1. The summed E-state index contributed by atoms with van der Waals surface area (Å²) in [6.07, 6.45) is -3.27. The van der Waals surface area contributed by atoms with E-state index in [1.54, 1.807) is 7.05 Å². The number of carbonyl (C=O) groups excluding carboxylic acids is 1. The molecule has 0 aliphatic carbocycles. The Morgan fingerprint density at radius 2 is 1.96 bits per heavy atom. The van der Waals surface area contributed by atoms with Crippen molar-refractivity contribution in [3.8, 4) is 0 Å². The summed E-state index contributed by atoms with van der Waals surface area (Å²) in [5.41, 5.74) is -1.80. The smallest absolute Gasteiger partial charge is 0.350 e. The fraction of sp³-hybridized carbons (Fsp3) is 0.286. The summed E-state index contributed by atoms with van der Waals surface area (Å²) in [6, 6.07) is 3.49. The van der Waals surface area contributed by atoms with Gasteiger partial charge in [-0.1, -0.05) is 6.07 Å². The van der Waals surface area contributed by atoms with Gasteiger partial charge in [0.05, 0.1) is 5.56 Å². The summed E-state index contributed by atoms with van der Waals surface area (Å²) in [7, 11) is 1.55. The number of hydrogen-bond donors (Lipinski definition) is 1. The van der Waals surface area contributed by atoms with Gasteiger partial charge in [-0.2, -0.15) is 13.2 Å². The summed E-state index contributed by atoms with van der Waals surface area (Å²) in [5.74, 6) is -1.64. The van der Waals surface area contributed by atoms with Crippen LogP contribution in [-0.4, -0.2) is 15.3 Å². The molecule has 1 aromatic heterocycles. The molecule has 0 unspecified atom stereocenters. The second-order valence-corrected chi connectivity index (χ2v) is 4.86. The SMILES string of the molecule is Cn1ccc(=O)n1CC(=O)NCc1ccc(F)cc1C(F)(F)F. The van der Waals surface area contributed by atoms with Crippen LogP contribution in [0, 0.1) is 5.82 Å². The number of nitrogens with one attached hydrogen (secondary N) is 1. The van der Waals surface area contributed by atoms with Gasteiger partial charge in [0, 0.05) is 25.9 Å². The molecule has 0 aliphatic heterocycles. The first-order valence-electron chi connectivity index (χ1n) is 6.53. The number of nitrogens with zero attached hydrogens (tertiary/aromatic N) is 2. The lowest BCUT2D eigenvalue weighted by atomic mass is 10.1. The van der Waals surface area contributed by atoms with Crippen LogP contribution in [0.15, 0.2) is 35.3 Å². The van der Waals surface area contributed by atoms with Crippen LogP contribution < -0.4 is 10.9 Å². The average molecular weight is 331 g/mol. The topological polar surface area (TPSA) is 56.0 Å². The van der Waals surface area contributed by atoms with Crippen LogP contribution in [0.1, 0.15) is 11.1 Å². The summed E-state index contributed by atoms with van der Waals surface area (Å²) >= 11 is 0. The van der Waals surface area contributed by atoms with Gasteiger partial charge in [0.15, 0.2) is 0 Å². The van der Waals surface area contributed by atoms with E-state index >= 15 is 0 Å². The molecule has 5 nitrogen and oxygen atoms in total. The molecule has 2 aromatic rings. The molecule has 2 rings (SSSR count). The highest BCUT2D eigenvalue weighted by Gasteiger charge is 2.33. The molecule has 0 atom stereocenters. The number of amides is 1. The molecular weight excluding hydrogens is 318 g/mol. The highest BCUT2D eigenvalue weighted by atomic mass is 19.4. The molecule has 0 saturated carbocycles. The lowest BCUT2D eigenvalue weighted by Gasteiger charge is -2.14. The van der Waals surface area contributed by atoms with Crippen LogP contribution in [0.4, 0.5) is 17.6 Å². The van der Waals surface area contributed by atoms with Gasteiger partial charge in [-0.05, 0) is 17.7 Å². The van der Waals surface area contributed by atoms with Crippen molar-refractivity contribution in [2.75, 3.05) is 0 Å². The van der Waals surface area contributed by atoms with Gasteiger partial charge in [-0.25, -0.2) is 9.07 Å². The number of halogens is 4. The zero-order valence-corrected chi connectivity index (χ0v) is 12.0. The second-order valence-electron chi connectivity index (χ2n) is 4.86. The third-order valence-corrected chi connectivity index (χ3v) is 3.21. The fourth-order valence-electron chi connectivity index (χ4n) is 2.04. The molecule has 0 fully saturated rings. The third kappa shape index (κ3) is 3.99. The number of alkyl halides is 3. The van der Waals surface area contributed by atoms with Crippen molar-refractivity contribution >= 4 is 5.91 Å². The highest BCUT2D eigenvalue weighted by molar-refractivity contribution is 5.75. The Kier molecular flexibility index (Phi) is 4.57. The quantitative estimate of drug-likeness (QED) is 0.867. The van der Waals surface area contributed by atoms with Crippen LogP contribution in [-0.2, 0) is 31.1 Å². The number of carbonyl (C=O) groups is 1. The Morgan fingerprint density at radius 3 is 2.52 bits per heavy atom. The maximum atomic E-state index is 13.0. The first-order chi connectivity index (χ1) is 10.7. The Bertz CT molecular complexity index is 777. The predicted molar refractivity (Wildman–Crippen MR) is 72.9 cm³/mol. The average Bonchev–Trinajstić information content (AvgIpc) is 2.77. The molecule has 1 N–H and O–H groups in total. The standard InChI is InChI=1S/C14H13F4N3O2/c1-20-5-4-13(23)21(20)8-12(22)19-7-9-2-3-10(15)6-11(9)14(16,17)18/h2-6H,7-8H2,1H3,(H,19,22). The van der Waals surface area contributed by atoms with E-state index in [-0.39, 0.29) is 12.1 Å². The number of rotatable bonds is 4. The summed E-state index contributed by atoms with van der Waals surface area (Å²) in [5, 5.41) is 2.29. The maximum Gasteiger partial charge on any atom is 0.416 e. The summed E-state index contributed by atoms with van der Waals surface area (Å²) in [4.78, 5) is 23.2. The van der Waals surface area contributed by atoms with Gasteiger partial charge < -0.3 is 5.32 Å². The van der Waals surface area contributed by atoms with Crippen molar-refractivity contribution < 1.29 is 22.4 Å². The molecule has 124 valence electrons. The molecule has 1 aromatic carbocycles. The van der Waals surface area contributed by atoms with Gasteiger partial charge in [-0.3, -0.25) is 14.3 Å². The molecule has 0 spiro atoms. The molecular formula is C14H13F4N3O2. The zero-order valence-electron chi connectivity index (χ0n) is 12.0. The molecule has 0 aliphatic rings. The van der Waals surface area contributed by atoms with Crippen LogP contribution in [0.5, 0.6) is 0 Å². The third-order valence-electron chi connectivity index (χ3n) is 3.21. The Labute approximate surface area is 128 Å². The monoisotopic (exact) mass is 331 g/mol. The zero-order chi connectivity index (χ0) is 17.2. The maximum absolute atomic E-state index is 13.0. The molecule has 9 heteroatoms. The van der Waals surface area contributed by atoms with Gasteiger partial charge in [0.2, 0.25) is 5.91 Å². The van der Waals surface area contributed by atoms with Crippen molar-refractivity contribution in [2.45, 2.75) is 19.3 Å². The van der Waals surface area contributed by atoms with E-state index in [9.17, 15) is 27.2 Å². The Balaban J connectivity index is 2.09. The van der Waals surface area contributed by atoms with E-state index in [1.807, 2.05) is 0 Å². The van der Waals surface area contributed by atoms with E-state index < -0.39 is 35.6 Å². The number of aromatic nitrogens is 2. The minimum Gasteiger partial charge on any atom is -0.350 e. The fourth-order valence-corrected chi connectivity index (χ4v) is 2.04. The van der Waals surface area contributed by atoms with Crippen molar-refractivity contribution in [3.63, 3.8) is 0 Å². The van der Waals surface area contributed by atoms with Crippen molar-refractivity contribution in [1.29, 1.82) is 0 Å². The molecule has 1 heterocycles. The number of hydrogen-bond acceptors (Lipinski definition) is 2. The minimum absolute atomic E-state index is 0.258. The largest absolute Gasteiger partial charge is 0.416 e.